The molecular formula is C13H12FNO2S. The number of hydrogen-bond acceptors (Lipinski definition) is 3. The third kappa shape index (κ3) is 2.87. The van der Waals surface area contributed by atoms with E-state index in [4.69, 9.17) is 5.11 Å². The Hall–Kier alpha value is -1.88. The van der Waals surface area contributed by atoms with E-state index in [0.717, 1.165) is 10.6 Å². The smallest absolute Gasteiger partial charge is 0.345 e. The topological polar surface area (TPSA) is 40.5 Å². The second-order valence-electron chi connectivity index (χ2n) is 3.93. The minimum absolute atomic E-state index is 0.265. The lowest BCUT2D eigenvalue weighted by atomic mass is 10.2. The molecule has 18 heavy (non-hydrogen) atoms. The van der Waals surface area contributed by atoms with Crippen LogP contribution in [-0.4, -0.2) is 18.1 Å². The Balaban J connectivity index is 2.11. The number of benzene rings is 1. The number of carboxylic acid groups (broad SMARTS) is 1. The average molecular weight is 265 g/mol. The molecule has 5 heteroatoms. The summed E-state index contributed by atoms with van der Waals surface area (Å²) >= 11 is 1.21. The first-order valence-corrected chi connectivity index (χ1v) is 6.16. The quantitative estimate of drug-likeness (QED) is 0.922. The van der Waals surface area contributed by atoms with Crippen LogP contribution in [0, 0.1) is 5.82 Å². The Kier molecular flexibility index (Phi) is 3.62. The summed E-state index contributed by atoms with van der Waals surface area (Å²) in [5.41, 5.74) is 0.850. The number of rotatable bonds is 4. The SMILES string of the molecule is CN(Cc1cccc(F)c1)c1ccc(C(=O)O)s1. The van der Waals surface area contributed by atoms with Crippen molar-refractivity contribution in [2.45, 2.75) is 6.54 Å². The first-order chi connectivity index (χ1) is 8.56. The summed E-state index contributed by atoms with van der Waals surface area (Å²) < 4.78 is 13.0. The van der Waals surface area contributed by atoms with Gasteiger partial charge < -0.3 is 10.0 Å². The molecule has 3 nitrogen and oxygen atoms in total. The summed E-state index contributed by atoms with van der Waals surface area (Å²) in [7, 11) is 1.85. The van der Waals surface area contributed by atoms with Crippen LogP contribution in [-0.2, 0) is 6.54 Å². The molecule has 1 heterocycles. The molecule has 0 amide bonds. The molecule has 0 atom stereocenters. The third-order valence-electron chi connectivity index (χ3n) is 2.49. The predicted octanol–water partition coefficient (Wildman–Crippen LogP) is 3.22. The zero-order valence-electron chi connectivity index (χ0n) is 9.76. The van der Waals surface area contributed by atoms with E-state index in [0.29, 0.717) is 11.4 Å². The van der Waals surface area contributed by atoms with Crippen molar-refractivity contribution in [2.75, 3.05) is 11.9 Å². The number of aromatic carboxylic acids is 1. The van der Waals surface area contributed by atoms with Crippen molar-refractivity contribution in [1.82, 2.24) is 0 Å². The number of hydrogen-bond donors (Lipinski definition) is 1. The highest BCUT2D eigenvalue weighted by Crippen LogP contribution is 2.26. The second kappa shape index (κ2) is 5.18. The van der Waals surface area contributed by atoms with E-state index in [1.54, 1.807) is 18.2 Å². The van der Waals surface area contributed by atoms with E-state index in [9.17, 15) is 9.18 Å². The summed E-state index contributed by atoms with van der Waals surface area (Å²) in [6, 6.07) is 9.71. The van der Waals surface area contributed by atoms with Gasteiger partial charge in [-0.25, -0.2) is 9.18 Å². The van der Waals surface area contributed by atoms with Crippen molar-refractivity contribution < 1.29 is 14.3 Å². The Morgan fingerprint density at radius 3 is 2.78 bits per heavy atom. The van der Waals surface area contributed by atoms with Crippen LogP contribution in [0.5, 0.6) is 0 Å². The van der Waals surface area contributed by atoms with Crippen molar-refractivity contribution in [1.29, 1.82) is 0 Å². The molecule has 94 valence electrons. The molecule has 2 aromatic rings. The van der Waals surface area contributed by atoms with E-state index in [1.165, 1.54) is 23.5 Å². The molecule has 0 saturated heterocycles. The maximum absolute atomic E-state index is 13.0. The van der Waals surface area contributed by atoms with E-state index < -0.39 is 5.97 Å². The van der Waals surface area contributed by atoms with Gasteiger partial charge in [-0.05, 0) is 29.8 Å². The van der Waals surface area contributed by atoms with Crippen LogP contribution in [0.25, 0.3) is 0 Å². The molecule has 0 fully saturated rings. The Morgan fingerprint density at radius 2 is 2.17 bits per heavy atom. The van der Waals surface area contributed by atoms with Crippen molar-refractivity contribution in [2.24, 2.45) is 0 Å². The normalized spacial score (nSPS) is 10.3. The number of anilines is 1. The molecule has 0 radical (unpaired) electrons. The maximum atomic E-state index is 13.0. The highest BCUT2D eigenvalue weighted by Gasteiger charge is 2.10. The van der Waals surface area contributed by atoms with Gasteiger partial charge in [0, 0.05) is 13.6 Å². The molecule has 2 rings (SSSR count). The van der Waals surface area contributed by atoms with Gasteiger partial charge >= 0.3 is 5.97 Å². The molecule has 0 aliphatic rings. The number of carbonyl (C=O) groups is 1. The fourth-order valence-electron chi connectivity index (χ4n) is 1.63. The predicted molar refractivity (Wildman–Crippen MR) is 69.8 cm³/mol. The van der Waals surface area contributed by atoms with Crippen LogP contribution < -0.4 is 4.90 Å². The van der Waals surface area contributed by atoms with Gasteiger partial charge in [0.05, 0.1) is 5.00 Å². The Morgan fingerprint density at radius 1 is 1.39 bits per heavy atom. The lowest BCUT2D eigenvalue weighted by Crippen LogP contribution is -2.14. The summed E-state index contributed by atoms with van der Waals surface area (Å²) in [6.07, 6.45) is 0. The fourth-order valence-corrected chi connectivity index (χ4v) is 2.44. The van der Waals surface area contributed by atoms with Gasteiger partial charge in [0.25, 0.3) is 0 Å². The summed E-state index contributed by atoms with van der Waals surface area (Å²) in [5, 5.41) is 9.69. The number of carboxylic acids is 1. The third-order valence-corrected chi connectivity index (χ3v) is 3.68. The van der Waals surface area contributed by atoms with Gasteiger partial charge in [0.15, 0.2) is 0 Å². The zero-order valence-corrected chi connectivity index (χ0v) is 10.6. The van der Waals surface area contributed by atoms with Crippen molar-refractivity contribution in [3.63, 3.8) is 0 Å². The molecule has 0 unspecified atom stereocenters. The molecule has 0 bridgehead atoms. The second-order valence-corrected chi connectivity index (χ2v) is 4.99. The van der Waals surface area contributed by atoms with Gasteiger partial charge in [-0.1, -0.05) is 12.1 Å². The Bertz CT molecular complexity index is 568. The maximum Gasteiger partial charge on any atom is 0.345 e. The van der Waals surface area contributed by atoms with Crippen LogP contribution in [0.1, 0.15) is 15.2 Å². The van der Waals surface area contributed by atoms with Crippen molar-refractivity contribution >= 4 is 22.3 Å². The van der Waals surface area contributed by atoms with Crippen molar-refractivity contribution in [3.8, 4) is 0 Å². The number of nitrogens with zero attached hydrogens (tertiary/aromatic N) is 1. The van der Waals surface area contributed by atoms with Crippen LogP contribution in [0.2, 0.25) is 0 Å². The first-order valence-electron chi connectivity index (χ1n) is 5.35. The average Bonchev–Trinajstić information content (AvgIpc) is 2.78. The minimum Gasteiger partial charge on any atom is -0.477 e. The van der Waals surface area contributed by atoms with Gasteiger partial charge in [-0.15, -0.1) is 11.3 Å². The zero-order chi connectivity index (χ0) is 13.1. The standard InChI is InChI=1S/C13H12FNO2S/c1-15(8-9-3-2-4-10(14)7-9)12-6-5-11(18-12)13(16)17/h2-7H,8H2,1H3,(H,16,17). The van der Waals surface area contributed by atoms with Crippen LogP contribution in [0.4, 0.5) is 9.39 Å². The molecule has 1 aromatic heterocycles. The monoisotopic (exact) mass is 265 g/mol. The molecular weight excluding hydrogens is 253 g/mol. The first kappa shape index (κ1) is 12.6. The summed E-state index contributed by atoms with van der Waals surface area (Å²) in [4.78, 5) is 13.0. The van der Waals surface area contributed by atoms with E-state index in [1.807, 2.05) is 18.0 Å². The highest BCUT2D eigenvalue weighted by atomic mass is 32.1. The van der Waals surface area contributed by atoms with Crippen molar-refractivity contribution in [3.05, 3.63) is 52.7 Å². The number of halogens is 1. The molecule has 1 aromatic carbocycles. The van der Waals surface area contributed by atoms with Gasteiger partial charge in [-0.3, -0.25) is 0 Å². The lowest BCUT2D eigenvalue weighted by Gasteiger charge is -2.16. The van der Waals surface area contributed by atoms with Crippen LogP contribution >= 0.6 is 11.3 Å². The molecule has 0 aliphatic carbocycles. The number of thiophene rings is 1. The van der Waals surface area contributed by atoms with Crippen LogP contribution in [0.15, 0.2) is 36.4 Å². The molecule has 0 spiro atoms. The highest BCUT2D eigenvalue weighted by molar-refractivity contribution is 7.17. The molecule has 0 aliphatic heterocycles. The molecule has 1 N–H and O–H groups in total. The van der Waals surface area contributed by atoms with E-state index >= 15 is 0 Å². The fraction of sp³-hybridized carbons (Fsp3) is 0.154. The van der Waals surface area contributed by atoms with Gasteiger partial charge in [0.2, 0.25) is 0 Å². The minimum atomic E-state index is -0.926. The summed E-state index contributed by atoms with van der Waals surface area (Å²) in [5.74, 6) is -1.19. The molecule has 0 saturated carbocycles. The largest absolute Gasteiger partial charge is 0.477 e. The van der Waals surface area contributed by atoms with Crippen LogP contribution in [0.3, 0.4) is 0 Å². The van der Waals surface area contributed by atoms with E-state index in [2.05, 4.69) is 0 Å². The lowest BCUT2D eigenvalue weighted by molar-refractivity contribution is 0.0702. The van der Waals surface area contributed by atoms with E-state index in [-0.39, 0.29) is 5.82 Å². The van der Waals surface area contributed by atoms with Gasteiger partial charge in [0.1, 0.15) is 10.7 Å². The van der Waals surface area contributed by atoms with Gasteiger partial charge in [-0.2, -0.15) is 0 Å². The summed E-state index contributed by atoms with van der Waals surface area (Å²) in [6.45, 7) is 0.539. The Labute approximate surface area is 108 Å².